The molecule has 1 heterocycles. The minimum Gasteiger partial charge on any atom is -0.338 e. The summed E-state index contributed by atoms with van der Waals surface area (Å²) < 4.78 is 0. The van der Waals surface area contributed by atoms with Crippen LogP contribution in [0.5, 0.6) is 0 Å². The molecule has 0 radical (unpaired) electrons. The Morgan fingerprint density at radius 2 is 1.48 bits per heavy atom. The summed E-state index contributed by atoms with van der Waals surface area (Å²) in [7, 11) is 0. The van der Waals surface area contributed by atoms with E-state index in [4.69, 9.17) is 28.9 Å². The topological polar surface area (TPSA) is 66.6 Å². The molecule has 0 aromatic heterocycles. The molecule has 0 spiro atoms. The number of halogens is 2. The van der Waals surface area contributed by atoms with Gasteiger partial charge in [-0.1, -0.05) is 37.0 Å². The van der Waals surface area contributed by atoms with Gasteiger partial charge in [0.15, 0.2) is 0 Å². The fourth-order valence-corrected chi connectivity index (χ4v) is 3.01. The minimum absolute atomic E-state index is 0.0575. The molecule has 0 unspecified atom stereocenters. The molecule has 2 N–H and O–H groups in total. The Labute approximate surface area is 146 Å². The minimum atomic E-state index is -0.496. The SMILES string of the molecule is CC(C)[C@H](N)C(=O)N1CCN(C(=O)c2cc(Cl)cc(Cl)c2)CC1. The van der Waals surface area contributed by atoms with Gasteiger partial charge in [-0.2, -0.15) is 0 Å². The lowest BCUT2D eigenvalue weighted by atomic mass is 10.0. The first kappa shape index (κ1) is 18.0. The number of hydrogen-bond donors (Lipinski definition) is 1. The zero-order chi connectivity index (χ0) is 17.1. The van der Waals surface area contributed by atoms with Crippen molar-refractivity contribution in [2.24, 2.45) is 11.7 Å². The Hall–Kier alpha value is -1.30. The first-order valence-electron chi connectivity index (χ1n) is 7.59. The van der Waals surface area contributed by atoms with Gasteiger partial charge in [-0.05, 0) is 24.1 Å². The molecule has 1 saturated heterocycles. The highest BCUT2D eigenvalue weighted by Gasteiger charge is 2.28. The third-order valence-corrected chi connectivity index (χ3v) is 4.43. The van der Waals surface area contributed by atoms with Gasteiger partial charge in [-0.15, -0.1) is 0 Å². The molecule has 1 aromatic rings. The van der Waals surface area contributed by atoms with Crippen molar-refractivity contribution in [2.45, 2.75) is 19.9 Å². The number of nitrogens with zero attached hydrogens (tertiary/aromatic N) is 2. The predicted molar refractivity (Wildman–Crippen MR) is 91.8 cm³/mol. The molecule has 1 aliphatic heterocycles. The highest BCUT2D eigenvalue weighted by Crippen LogP contribution is 2.21. The number of rotatable bonds is 3. The van der Waals surface area contributed by atoms with Crippen LogP contribution >= 0.6 is 23.2 Å². The first-order chi connectivity index (χ1) is 10.8. The van der Waals surface area contributed by atoms with Crippen molar-refractivity contribution >= 4 is 35.0 Å². The van der Waals surface area contributed by atoms with E-state index in [2.05, 4.69) is 0 Å². The fourth-order valence-electron chi connectivity index (χ4n) is 2.49. The second-order valence-corrected chi connectivity index (χ2v) is 6.92. The van der Waals surface area contributed by atoms with E-state index in [0.717, 1.165) is 0 Å². The van der Waals surface area contributed by atoms with Gasteiger partial charge in [0.05, 0.1) is 6.04 Å². The van der Waals surface area contributed by atoms with Gasteiger partial charge in [0.2, 0.25) is 5.91 Å². The summed E-state index contributed by atoms with van der Waals surface area (Å²) in [6, 6.07) is 4.29. The zero-order valence-corrected chi connectivity index (χ0v) is 14.8. The third-order valence-electron chi connectivity index (χ3n) is 3.99. The number of nitrogens with two attached hydrogens (primary N) is 1. The Kier molecular flexibility index (Phi) is 5.89. The third kappa shape index (κ3) is 4.37. The first-order valence-corrected chi connectivity index (χ1v) is 8.35. The van der Waals surface area contributed by atoms with Crippen molar-refractivity contribution in [2.75, 3.05) is 26.2 Å². The summed E-state index contributed by atoms with van der Waals surface area (Å²) in [5, 5.41) is 0.857. The Bertz CT molecular complexity index is 579. The summed E-state index contributed by atoms with van der Waals surface area (Å²) in [6.45, 7) is 5.76. The Morgan fingerprint density at radius 1 is 1.00 bits per heavy atom. The van der Waals surface area contributed by atoms with E-state index in [1.807, 2.05) is 13.8 Å². The molecular weight excluding hydrogens is 337 g/mol. The number of benzene rings is 1. The van der Waals surface area contributed by atoms with Crippen LogP contribution in [0.1, 0.15) is 24.2 Å². The van der Waals surface area contributed by atoms with Crippen LogP contribution in [0.25, 0.3) is 0 Å². The quantitative estimate of drug-likeness (QED) is 0.901. The Balaban J connectivity index is 1.98. The van der Waals surface area contributed by atoms with E-state index < -0.39 is 6.04 Å². The molecule has 126 valence electrons. The zero-order valence-electron chi connectivity index (χ0n) is 13.3. The molecule has 23 heavy (non-hydrogen) atoms. The number of carbonyl (C=O) groups is 2. The van der Waals surface area contributed by atoms with Gasteiger partial charge in [0.25, 0.3) is 5.91 Å². The van der Waals surface area contributed by atoms with E-state index in [1.165, 1.54) is 0 Å². The maximum Gasteiger partial charge on any atom is 0.254 e. The number of amides is 2. The van der Waals surface area contributed by atoms with E-state index in [-0.39, 0.29) is 17.7 Å². The molecule has 1 aromatic carbocycles. The summed E-state index contributed by atoms with van der Waals surface area (Å²) in [5.41, 5.74) is 6.37. The van der Waals surface area contributed by atoms with Crippen LogP contribution in [0.4, 0.5) is 0 Å². The van der Waals surface area contributed by atoms with E-state index in [1.54, 1.807) is 28.0 Å². The van der Waals surface area contributed by atoms with E-state index in [0.29, 0.717) is 41.8 Å². The monoisotopic (exact) mass is 357 g/mol. The molecule has 1 fully saturated rings. The predicted octanol–water partition coefficient (Wildman–Crippen LogP) is 2.26. The molecule has 0 aliphatic carbocycles. The van der Waals surface area contributed by atoms with Crippen molar-refractivity contribution in [3.8, 4) is 0 Å². The number of hydrogen-bond acceptors (Lipinski definition) is 3. The average Bonchev–Trinajstić information content (AvgIpc) is 2.52. The lowest BCUT2D eigenvalue weighted by Gasteiger charge is -2.36. The van der Waals surface area contributed by atoms with Gasteiger partial charge < -0.3 is 15.5 Å². The van der Waals surface area contributed by atoms with Crippen LogP contribution < -0.4 is 5.73 Å². The molecule has 2 rings (SSSR count). The largest absolute Gasteiger partial charge is 0.338 e. The average molecular weight is 358 g/mol. The molecule has 0 bridgehead atoms. The van der Waals surface area contributed by atoms with Gasteiger partial charge in [-0.25, -0.2) is 0 Å². The van der Waals surface area contributed by atoms with Crippen molar-refractivity contribution < 1.29 is 9.59 Å². The van der Waals surface area contributed by atoms with Crippen LogP contribution in [-0.2, 0) is 4.79 Å². The fraction of sp³-hybridized carbons (Fsp3) is 0.500. The number of carbonyl (C=O) groups excluding carboxylic acids is 2. The normalized spacial score (nSPS) is 16.6. The molecule has 0 saturated carbocycles. The molecule has 5 nitrogen and oxygen atoms in total. The van der Waals surface area contributed by atoms with E-state index >= 15 is 0 Å². The number of piperazine rings is 1. The smallest absolute Gasteiger partial charge is 0.254 e. The van der Waals surface area contributed by atoms with Crippen LogP contribution in [0, 0.1) is 5.92 Å². The Morgan fingerprint density at radius 3 is 1.96 bits per heavy atom. The maximum atomic E-state index is 12.5. The summed E-state index contributed by atoms with van der Waals surface area (Å²) in [6.07, 6.45) is 0. The molecule has 2 amide bonds. The second-order valence-electron chi connectivity index (χ2n) is 6.05. The molecule has 7 heteroatoms. The molecular formula is C16H21Cl2N3O2. The second kappa shape index (κ2) is 7.51. The highest BCUT2D eigenvalue weighted by atomic mass is 35.5. The molecule has 1 aliphatic rings. The maximum absolute atomic E-state index is 12.5. The lowest BCUT2D eigenvalue weighted by molar-refractivity contribution is -0.135. The van der Waals surface area contributed by atoms with Crippen LogP contribution in [0.2, 0.25) is 10.0 Å². The van der Waals surface area contributed by atoms with Crippen molar-refractivity contribution in [3.63, 3.8) is 0 Å². The summed E-state index contributed by atoms with van der Waals surface area (Å²) >= 11 is 11.9. The summed E-state index contributed by atoms with van der Waals surface area (Å²) in [5.74, 6) is -0.0941. The highest BCUT2D eigenvalue weighted by molar-refractivity contribution is 6.35. The van der Waals surface area contributed by atoms with Gasteiger partial charge in [-0.3, -0.25) is 9.59 Å². The van der Waals surface area contributed by atoms with Crippen LogP contribution in [0.3, 0.4) is 0 Å². The van der Waals surface area contributed by atoms with Crippen molar-refractivity contribution in [3.05, 3.63) is 33.8 Å². The van der Waals surface area contributed by atoms with Gasteiger partial charge in [0.1, 0.15) is 0 Å². The van der Waals surface area contributed by atoms with E-state index in [9.17, 15) is 9.59 Å². The van der Waals surface area contributed by atoms with Gasteiger partial charge >= 0.3 is 0 Å². The van der Waals surface area contributed by atoms with Crippen molar-refractivity contribution in [1.29, 1.82) is 0 Å². The lowest BCUT2D eigenvalue weighted by Crippen LogP contribution is -2.55. The van der Waals surface area contributed by atoms with Crippen LogP contribution in [-0.4, -0.2) is 53.8 Å². The van der Waals surface area contributed by atoms with Crippen molar-refractivity contribution in [1.82, 2.24) is 9.80 Å². The van der Waals surface area contributed by atoms with Crippen LogP contribution in [0.15, 0.2) is 18.2 Å². The molecule has 1 atom stereocenters. The standard InChI is InChI=1S/C16H21Cl2N3O2/c1-10(2)14(19)16(23)21-5-3-20(4-6-21)15(22)11-7-12(17)9-13(18)8-11/h7-10,14H,3-6,19H2,1-2H3/t14-/m0/s1. The summed E-state index contributed by atoms with van der Waals surface area (Å²) in [4.78, 5) is 28.2. The van der Waals surface area contributed by atoms with Gasteiger partial charge in [0, 0.05) is 41.8 Å².